The molecule has 0 bridgehead atoms. The van der Waals surface area contributed by atoms with Gasteiger partial charge in [-0.1, -0.05) is 13.8 Å². The highest BCUT2D eigenvalue weighted by molar-refractivity contribution is 5.89. The van der Waals surface area contributed by atoms with Crippen LogP contribution in [-0.4, -0.2) is 54.4 Å². The molecule has 5 heteroatoms. The minimum Gasteiger partial charge on any atom is -0.377 e. The molecule has 2 aliphatic heterocycles. The third kappa shape index (κ3) is 1.69. The fourth-order valence-corrected chi connectivity index (χ4v) is 4.27. The summed E-state index contributed by atoms with van der Waals surface area (Å²) in [4.78, 5) is 14.9. The summed E-state index contributed by atoms with van der Waals surface area (Å²) in [7, 11) is 0. The second kappa shape index (κ2) is 4.18. The zero-order valence-electron chi connectivity index (χ0n) is 12.9. The van der Waals surface area contributed by atoms with Crippen LogP contribution in [0.5, 0.6) is 0 Å². The highest BCUT2D eigenvalue weighted by Gasteiger charge is 2.72. The third-order valence-electron chi connectivity index (χ3n) is 5.52. The third-order valence-corrected chi connectivity index (χ3v) is 5.52. The molecule has 3 aliphatic rings. The molecular weight excluding hydrogens is 256 g/mol. The van der Waals surface area contributed by atoms with Gasteiger partial charge < -0.3 is 20.1 Å². The molecule has 0 aromatic heterocycles. The lowest BCUT2D eigenvalue weighted by atomic mass is 9.47. The molecule has 20 heavy (non-hydrogen) atoms. The fraction of sp³-hybridized carbons (Fsp3) is 0.933. The molecule has 0 radical (unpaired) electrons. The molecule has 3 rings (SSSR count). The minimum atomic E-state index is -0.790. The first-order valence-corrected chi connectivity index (χ1v) is 7.54. The van der Waals surface area contributed by atoms with E-state index < -0.39 is 5.54 Å². The Morgan fingerprint density at radius 3 is 2.60 bits per heavy atom. The van der Waals surface area contributed by atoms with Crippen LogP contribution < -0.4 is 5.73 Å². The van der Waals surface area contributed by atoms with Crippen molar-refractivity contribution in [2.75, 3.05) is 26.3 Å². The summed E-state index contributed by atoms with van der Waals surface area (Å²) in [6, 6.07) is 0. The molecule has 0 aromatic carbocycles. The summed E-state index contributed by atoms with van der Waals surface area (Å²) in [5, 5.41) is 0. The number of amides is 1. The van der Waals surface area contributed by atoms with Gasteiger partial charge in [0.15, 0.2) is 0 Å². The maximum atomic E-state index is 13.0. The van der Waals surface area contributed by atoms with Crippen LogP contribution in [-0.2, 0) is 14.3 Å². The van der Waals surface area contributed by atoms with Crippen LogP contribution in [0.2, 0.25) is 0 Å². The van der Waals surface area contributed by atoms with Crippen molar-refractivity contribution in [2.24, 2.45) is 17.1 Å². The molecule has 0 aromatic rings. The van der Waals surface area contributed by atoms with Crippen molar-refractivity contribution < 1.29 is 14.3 Å². The van der Waals surface area contributed by atoms with E-state index in [1.54, 1.807) is 0 Å². The van der Waals surface area contributed by atoms with Crippen molar-refractivity contribution >= 4 is 5.91 Å². The predicted octanol–water partition coefficient (Wildman–Crippen LogP) is 0.766. The van der Waals surface area contributed by atoms with Crippen LogP contribution in [0, 0.1) is 11.3 Å². The number of fused-ring (bicyclic) bond motifs is 1. The van der Waals surface area contributed by atoms with Crippen molar-refractivity contribution in [3.63, 3.8) is 0 Å². The number of morpholine rings is 1. The first kappa shape index (κ1) is 14.3. The second-order valence-electron chi connectivity index (χ2n) is 7.61. The van der Waals surface area contributed by atoms with Crippen molar-refractivity contribution in [3.8, 4) is 0 Å². The normalized spacial score (nSPS) is 42.0. The van der Waals surface area contributed by atoms with Gasteiger partial charge in [-0.3, -0.25) is 4.79 Å². The van der Waals surface area contributed by atoms with E-state index in [2.05, 4.69) is 13.8 Å². The molecule has 114 valence electrons. The molecule has 3 unspecified atom stereocenters. The van der Waals surface area contributed by atoms with E-state index in [1.807, 2.05) is 18.7 Å². The van der Waals surface area contributed by atoms with Gasteiger partial charge in [0.05, 0.1) is 18.3 Å². The molecule has 5 nitrogen and oxygen atoms in total. The van der Waals surface area contributed by atoms with Crippen molar-refractivity contribution in [3.05, 3.63) is 0 Å². The van der Waals surface area contributed by atoms with Crippen LogP contribution in [0.1, 0.15) is 34.1 Å². The van der Waals surface area contributed by atoms with Gasteiger partial charge in [0.25, 0.3) is 0 Å². The predicted molar refractivity (Wildman–Crippen MR) is 75.2 cm³/mol. The Balaban J connectivity index is 1.83. The van der Waals surface area contributed by atoms with Crippen molar-refractivity contribution in [1.82, 2.24) is 4.90 Å². The summed E-state index contributed by atoms with van der Waals surface area (Å²) >= 11 is 0. The van der Waals surface area contributed by atoms with E-state index in [9.17, 15) is 4.79 Å². The highest BCUT2D eigenvalue weighted by atomic mass is 16.5. The van der Waals surface area contributed by atoms with E-state index in [4.69, 9.17) is 15.2 Å². The average Bonchev–Trinajstić information content (AvgIpc) is 2.83. The summed E-state index contributed by atoms with van der Waals surface area (Å²) in [6.45, 7) is 10.7. The Morgan fingerprint density at radius 1 is 1.25 bits per heavy atom. The molecule has 1 aliphatic carbocycles. The average molecular weight is 282 g/mol. The molecule has 1 amide bonds. The summed E-state index contributed by atoms with van der Waals surface area (Å²) in [6.07, 6.45) is 1.02. The number of hydrogen-bond acceptors (Lipinski definition) is 4. The fourth-order valence-electron chi connectivity index (χ4n) is 4.27. The Hall–Kier alpha value is -0.650. The monoisotopic (exact) mass is 282 g/mol. The van der Waals surface area contributed by atoms with Gasteiger partial charge in [-0.25, -0.2) is 0 Å². The second-order valence-corrected chi connectivity index (χ2v) is 7.61. The van der Waals surface area contributed by atoms with E-state index >= 15 is 0 Å². The smallest absolute Gasteiger partial charge is 0.243 e. The van der Waals surface area contributed by atoms with Crippen molar-refractivity contribution in [1.29, 1.82) is 0 Å². The maximum Gasteiger partial charge on any atom is 0.243 e. The Labute approximate surface area is 120 Å². The van der Waals surface area contributed by atoms with Crippen LogP contribution in [0.25, 0.3) is 0 Å². The van der Waals surface area contributed by atoms with Gasteiger partial charge in [-0.05, 0) is 20.3 Å². The largest absolute Gasteiger partial charge is 0.377 e. The molecule has 3 fully saturated rings. The number of nitrogens with zero attached hydrogens (tertiary/aromatic N) is 1. The van der Waals surface area contributed by atoms with Gasteiger partial charge in [-0.15, -0.1) is 0 Å². The van der Waals surface area contributed by atoms with E-state index in [1.165, 1.54) is 0 Å². The van der Waals surface area contributed by atoms with Gasteiger partial charge >= 0.3 is 0 Å². The van der Waals surface area contributed by atoms with Gasteiger partial charge in [0.2, 0.25) is 5.91 Å². The van der Waals surface area contributed by atoms with Gasteiger partial charge in [0, 0.05) is 31.0 Å². The molecule has 0 spiro atoms. The highest BCUT2D eigenvalue weighted by Crippen LogP contribution is 2.58. The maximum absolute atomic E-state index is 13.0. The molecule has 1 saturated carbocycles. The number of hydrogen-bond donors (Lipinski definition) is 1. The number of ether oxygens (including phenoxy) is 2. The Morgan fingerprint density at radius 2 is 1.95 bits per heavy atom. The van der Waals surface area contributed by atoms with E-state index in [-0.39, 0.29) is 28.9 Å². The molecule has 3 atom stereocenters. The first-order chi connectivity index (χ1) is 9.20. The lowest BCUT2D eigenvalue weighted by Gasteiger charge is -2.62. The number of rotatable bonds is 1. The zero-order valence-corrected chi connectivity index (χ0v) is 12.9. The lowest BCUT2D eigenvalue weighted by Crippen LogP contribution is -2.81. The summed E-state index contributed by atoms with van der Waals surface area (Å²) in [5.74, 6) is 0.238. The topological polar surface area (TPSA) is 64.8 Å². The summed E-state index contributed by atoms with van der Waals surface area (Å²) < 4.78 is 11.5. The number of carbonyl (C=O) groups excluding carboxylic acids is 1. The molecule has 2 heterocycles. The van der Waals surface area contributed by atoms with E-state index in [0.29, 0.717) is 19.7 Å². The quantitative estimate of drug-likeness (QED) is 0.771. The van der Waals surface area contributed by atoms with Crippen LogP contribution >= 0.6 is 0 Å². The summed E-state index contributed by atoms with van der Waals surface area (Å²) in [5.41, 5.74) is 5.24. The lowest BCUT2D eigenvalue weighted by molar-refractivity contribution is -0.192. The molecule has 2 N–H and O–H groups in total. The Bertz CT molecular complexity index is 435. The van der Waals surface area contributed by atoms with Crippen LogP contribution in [0.15, 0.2) is 0 Å². The molecule has 2 saturated heterocycles. The van der Waals surface area contributed by atoms with Gasteiger partial charge in [0.1, 0.15) is 5.54 Å². The van der Waals surface area contributed by atoms with E-state index in [0.717, 1.165) is 13.0 Å². The number of carbonyl (C=O) groups is 1. The van der Waals surface area contributed by atoms with Gasteiger partial charge in [-0.2, -0.15) is 0 Å². The SMILES string of the molecule is CC1(C)CN(C(=O)C2(N)C3CCOC3C2(C)C)CCO1. The Kier molecular flexibility index (Phi) is 2.99. The minimum absolute atomic E-state index is 0.0747. The molecular formula is C15H26N2O3. The van der Waals surface area contributed by atoms with Crippen molar-refractivity contribution in [2.45, 2.75) is 51.4 Å². The van der Waals surface area contributed by atoms with Crippen LogP contribution in [0.4, 0.5) is 0 Å². The standard InChI is InChI=1S/C15H26N2O3/c1-13(2)9-17(6-8-20-13)12(18)15(16)10-5-7-19-11(10)14(15,3)4/h10-11H,5-9,16H2,1-4H3. The zero-order chi connectivity index (χ0) is 14.8. The number of nitrogens with two attached hydrogens (primary N) is 1. The first-order valence-electron chi connectivity index (χ1n) is 7.54. The van der Waals surface area contributed by atoms with Crippen LogP contribution in [0.3, 0.4) is 0 Å².